The number of halogens is 1. The van der Waals surface area contributed by atoms with Gasteiger partial charge in [-0.2, -0.15) is 0 Å². The molecular weight excluding hydrogens is 276 g/mol. The van der Waals surface area contributed by atoms with Crippen molar-refractivity contribution in [3.05, 3.63) is 50.6 Å². The van der Waals surface area contributed by atoms with Crippen molar-refractivity contribution in [2.75, 3.05) is 0 Å². The van der Waals surface area contributed by atoms with Crippen molar-refractivity contribution < 1.29 is 9.90 Å². The summed E-state index contributed by atoms with van der Waals surface area (Å²) >= 11 is 4.55. The van der Waals surface area contributed by atoms with Crippen molar-refractivity contribution in [2.24, 2.45) is 0 Å². The first-order chi connectivity index (χ1) is 7.18. The van der Waals surface area contributed by atoms with Crippen LogP contribution in [0.4, 0.5) is 0 Å². The highest BCUT2D eigenvalue weighted by Gasteiger charge is 2.14. The summed E-state index contributed by atoms with van der Waals surface area (Å²) in [6, 6.07) is 8.59. The third kappa shape index (κ3) is 2.11. The van der Waals surface area contributed by atoms with Crippen LogP contribution < -0.4 is 0 Å². The van der Waals surface area contributed by atoms with Gasteiger partial charge in [-0.05, 0) is 35.7 Å². The van der Waals surface area contributed by atoms with Gasteiger partial charge in [0.25, 0.3) is 0 Å². The lowest BCUT2D eigenvalue weighted by Gasteiger charge is -1.99. The lowest BCUT2D eigenvalue weighted by molar-refractivity contribution is 0.104. The molecule has 0 amide bonds. The Bertz CT molecular complexity index is 488. The first-order valence-corrected chi connectivity index (χ1v) is 5.92. The van der Waals surface area contributed by atoms with E-state index >= 15 is 0 Å². The highest BCUT2D eigenvalue weighted by atomic mass is 79.9. The smallest absolute Gasteiger partial charge is 0.206 e. The number of carbonyl (C=O) groups is 1. The van der Waals surface area contributed by atoms with Gasteiger partial charge < -0.3 is 5.11 Å². The molecule has 0 aliphatic heterocycles. The molecule has 1 N–H and O–H groups in total. The van der Waals surface area contributed by atoms with Crippen LogP contribution in [0.1, 0.15) is 15.2 Å². The van der Waals surface area contributed by atoms with Crippen LogP contribution in [0.25, 0.3) is 0 Å². The Hall–Kier alpha value is -1.13. The standard InChI is InChI=1S/C11H7BrO2S/c12-8-3-1-7(2-4-8)10(14)11-9(13)5-6-15-11/h1-6,13H. The highest BCUT2D eigenvalue weighted by Crippen LogP contribution is 2.26. The van der Waals surface area contributed by atoms with E-state index in [4.69, 9.17) is 0 Å². The largest absolute Gasteiger partial charge is 0.506 e. The van der Waals surface area contributed by atoms with Crippen molar-refractivity contribution >= 4 is 33.0 Å². The summed E-state index contributed by atoms with van der Waals surface area (Å²) in [6.07, 6.45) is 0. The van der Waals surface area contributed by atoms with Gasteiger partial charge in [-0.15, -0.1) is 11.3 Å². The summed E-state index contributed by atoms with van der Waals surface area (Å²) < 4.78 is 0.925. The summed E-state index contributed by atoms with van der Waals surface area (Å²) in [5.74, 6) is -0.0945. The normalized spacial score (nSPS) is 10.2. The van der Waals surface area contributed by atoms with Crippen molar-refractivity contribution in [3.63, 3.8) is 0 Å². The van der Waals surface area contributed by atoms with Crippen molar-refractivity contribution in [1.82, 2.24) is 0 Å². The highest BCUT2D eigenvalue weighted by molar-refractivity contribution is 9.10. The molecule has 76 valence electrons. The minimum absolute atomic E-state index is 0.0490. The zero-order valence-electron chi connectivity index (χ0n) is 7.61. The minimum atomic E-state index is -0.144. The molecule has 4 heteroatoms. The number of hydrogen-bond acceptors (Lipinski definition) is 3. The van der Waals surface area contributed by atoms with Crippen molar-refractivity contribution in [2.45, 2.75) is 0 Å². The zero-order chi connectivity index (χ0) is 10.8. The van der Waals surface area contributed by atoms with E-state index < -0.39 is 0 Å². The number of aromatic hydroxyl groups is 1. The SMILES string of the molecule is O=C(c1ccc(Br)cc1)c1sccc1O. The fourth-order valence-corrected chi connectivity index (χ4v) is 2.22. The van der Waals surface area contributed by atoms with Crippen LogP contribution in [0, 0.1) is 0 Å². The zero-order valence-corrected chi connectivity index (χ0v) is 10.0. The molecule has 0 bridgehead atoms. The van der Waals surface area contributed by atoms with Crippen molar-refractivity contribution in [3.8, 4) is 5.75 Å². The van der Waals surface area contributed by atoms with E-state index in [1.807, 2.05) is 0 Å². The summed E-state index contributed by atoms with van der Waals surface area (Å²) in [5, 5.41) is 11.1. The van der Waals surface area contributed by atoms with Gasteiger partial charge in [0.15, 0.2) is 0 Å². The third-order valence-corrected chi connectivity index (χ3v) is 3.39. The molecule has 0 fully saturated rings. The third-order valence-electron chi connectivity index (χ3n) is 1.96. The van der Waals surface area contributed by atoms with E-state index in [1.54, 1.807) is 29.6 Å². The number of thiophene rings is 1. The maximum absolute atomic E-state index is 11.9. The number of benzene rings is 1. The molecule has 1 aromatic carbocycles. The molecule has 2 rings (SSSR count). The van der Waals surface area contributed by atoms with E-state index in [9.17, 15) is 9.90 Å². The molecule has 2 aromatic rings. The number of rotatable bonds is 2. The van der Waals surface area contributed by atoms with Gasteiger partial charge in [0.2, 0.25) is 5.78 Å². The van der Waals surface area contributed by atoms with Gasteiger partial charge in [-0.25, -0.2) is 0 Å². The van der Waals surface area contributed by atoms with Gasteiger partial charge >= 0.3 is 0 Å². The Morgan fingerprint density at radius 2 is 1.87 bits per heavy atom. The van der Waals surface area contributed by atoms with Gasteiger partial charge in [-0.1, -0.05) is 15.9 Å². The number of hydrogen-bond donors (Lipinski definition) is 1. The second kappa shape index (κ2) is 4.16. The van der Waals surface area contributed by atoms with Crippen LogP contribution in [-0.2, 0) is 0 Å². The predicted octanol–water partition coefficient (Wildman–Crippen LogP) is 3.45. The first kappa shape index (κ1) is 10.4. The van der Waals surface area contributed by atoms with Gasteiger partial charge in [-0.3, -0.25) is 4.79 Å². The van der Waals surface area contributed by atoms with Crippen LogP contribution in [-0.4, -0.2) is 10.9 Å². The van der Waals surface area contributed by atoms with Gasteiger partial charge in [0, 0.05) is 10.0 Å². The Morgan fingerprint density at radius 1 is 1.20 bits per heavy atom. The fourth-order valence-electron chi connectivity index (χ4n) is 1.20. The molecule has 0 unspecified atom stereocenters. The molecule has 0 radical (unpaired) electrons. The van der Waals surface area contributed by atoms with E-state index in [1.165, 1.54) is 17.4 Å². The molecule has 0 aliphatic carbocycles. The number of ketones is 1. The summed E-state index contributed by atoms with van der Waals surface area (Å²) in [4.78, 5) is 12.3. The second-order valence-electron chi connectivity index (χ2n) is 2.97. The Balaban J connectivity index is 2.37. The van der Waals surface area contributed by atoms with Crippen LogP contribution in [0.3, 0.4) is 0 Å². The fraction of sp³-hybridized carbons (Fsp3) is 0. The molecule has 0 saturated heterocycles. The summed E-state index contributed by atoms with van der Waals surface area (Å²) in [7, 11) is 0. The summed E-state index contributed by atoms with van der Waals surface area (Å²) in [5.41, 5.74) is 0.580. The Morgan fingerprint density at radius 3 is 2.40 bits per heavy atom. The number of carbonyl (C=O) groups excluding carboxylic acids is 1. The van der Waals surface area contributed by atoms with Gasteiger partial charge in [0.1, 0.15) is 10.6 Å². The molecule has 0 saturated carbocycles. The van der Waals surface area contributed by atoms with E-state index in [2.05, 4.69) is 15.9 Å². The van der Waals surface area contributed by atoms with Gasteiger partial charge in [0.05, 0.1) is 0 Å². The average molecular weight is 283 g/mol. The topological polar surface area (TPSA) is 37.3 Å². The second-order valence-corrected chi connectivity index (χ2v) is 4.80. The maximum Gasteiger partial charge on any atom is 0.206 e. The van der Waals surface area contributed by atoms with Crippen LogP contribution in [0.2, 0.25) is 0 Å². The van der Waals surface area contributed by atoms with E-state index in [0.29, 0.717) is 10.4 Å². The van der Waals surface area contributed by atoms with Crippen molar-refractivity contribution in [1.29, 1.82) is 0 Å². The lowest BCUT2D eigenvalue weighted by Crippen LogP contribution is -1.98. The molecule has 15 heavy (non-hydrogen) atoms. The quantitative estimate of drug-likeness (QED) is 0.857. The molecule has 0 atom stereocenters. The predicted molar refractivity (Wildman–Crippen MR) is 63.6 cm³/mol. The molecular formula is C11H7BrO2S. The van der Waals surface area contributed by atoms with Crippen LogP contribution >= 0.6 is 27.3 Å². The molecule has 1 aromatic heterocycles. The molecule has 0 aliphatic rings. The van der Waals surface area contributed by atoms with E-state index in [-0.39, 0.29) is 11.5 Å². The summed E-state index contributed by atoms with van der Waals surface area (Å²) in [6.45, 7) is 0. The Labute approximate surface area is 99.3 Å². The monoisotopic (exact) mass is 282 g/mol. The molecule has 1 heterocycles. The maximum atomic E-state index is 11.9. The van der Waals surface area contributed by atoms with E-state index in [0.717, 1.165) is 4.47 Å². The van der Waals surface area contributed by atoms with Crippen LogP contribution in [0.5, 0.6) is 5.75 Å². The van der Waals surface area contributed by atoms with Crippen LogP contribution in [0.15, 0.2) is 40.2 Å². The minimum Gasteiger partial charge on any atom is -0.506 e. The lowest BCUT2D eigenvalue weighted by atomic mass is 10.1. The first-order valence-electron chi connectivity index (χ1n) is 4.25. The molecule has 0 spiro atoms. The molecule has 2 nitrogen and oxygen atoms in total. The average Bonchev–Trinajstić information content (AvgIpc) is 2.65. The Kier molecular flexibility index (Phi) is 2.88.